The lowest BCUT2D eigenvalue weighted by Crippen LogP contribution is -2.17. The van der Waals surface area contributed by atoms with Gasteiger partial charge < -0.3 is 14.0 Å². The first-order valence-corrected chi connectivity index (χ1v) is 9.65. The summed E-state index contributed by atoms with van der Waals surface area (Å²) in [5.41, 5.74) is 2.87. The predicted octanol–water partition coefficient (Wildman–Crippen LogP) is 6.70. The number of nitrogens with zero attached hydrogens (tertiary/aromatic N) is 2. The molecular weight excluding hydrogens is 405 g/mol. The van der Waals surface area contributed by atoms with Crippen molar-refractivity contribution < 1.29 is 22.6 Å². The molecular formula is C21H22ClF3N2O2. The molecule has 0 aliphatic carbocycles. The molecule has 0 unspecified atom stereocenters. The predicted molar refractivity (Wildman–Crippen MR) is 108 cm³/mol. The number of rotatable bonds is 6. The van der Waals surface area contributed by atoms with Crippen molar-refractivity contribution in [1.29, 1.82) is 0 Å². The summed E-state index contributed by atoms with van der Waals surface area (Å²) < 4.78 is 48.7. The number of aromatic nitrogens is 2. The Morgan fingerprint density at radius 1 is 1.17 bits per heavy atom. The molecule has 0 spiro atoms. The summed E-state index contributed by atoms with van der Waals surface area (Å²) in [5, 5.41) is 1.38. The van der Waals surface area contributed by atoms with Crippen molar-refractivity contribution in [2.75, 3.05) is 7.11 Å². The molecule has 8 heteroatoms. The van der Waals surface area contributed by atoms with Gasteiger partial charge in [0.25, 0.3) is 0 Å². The average molecular weight is 427 g/mol. The number of aryl methyl sites for hydroxylation is 1. The van der Waals surface area contributed by atoms with E-state index in [-0.39, 0.29) is 11.5 Å². The first-order valence-electron chi connectivity index (χ1n) is 9.28. The van der Waals surface area contributed by atoms with Crippen molar-refractivity contribution in [1.82, 2.24) is 9.55 Å². The average Bonchev–Trinajstić information content (AvgIpc) is 2.96. The maximum Gasteiger partial charge on any atom is 0.573 e. The molecule has 0 fully saturated rings. The maximum atomic E-state index is 12.5. The number of halogens is 4. The standard InChI is InChI=1S/C21H22ClF3N2O2/c1-5-12(6-2)16-11-27(3)20-15(16)10-17(22)19(26-20)14-8-7-13(9-18(14)28-4)29-21(23,24)25/h7-12H,5-6H2,1-4H3. The molecule has 2 heterocycles. The number of fused-ring (bicyclic) bond motifs is 1. The van der Waals surface area contributed by atoms with Gasteiger partial charge in [0.1, 0.15) is 17.1 Å². The molecule has 0 saturated carbocycles. The highest BCUT2D eigenvalue weighted by atomic mass is 35.5. The van der Waals surface area contributed by atoms with E-state index in [1.54, 1.807) is 0 Å². The van der Waals surface area contributed by atoms with Crippen LogP contribution in [0.15, 0.2) is 30.5 Å². The number of alkyl halides is 3. The van der Waals surface area contributed by atoms with Gasteiger partial charge >= 0.3 is 6.36 Å². The molecule has 3 rings (SSSR count). The van der Waals surface area contributed by atoms with Gasteiger partial charge in [-0.25, -0.2) is 4.98 Å². The van der Waals surface area contributed by atoms with E-state index >= 15 is 0 Å². The molecule has 0 saturated heterocycles. The Bertz CT molecular complexity index is 1030. The zero-order valence-corrected chi connectivity index (χ0v) is 17.4. The summed E-state index contributed by atoms with van der Waals surface area (Å²) in [5.74, 6) is 0.218. The molecule has 156 valence electrons. The summed E-state index contributed by atoms with van der Waals surface area (Å²) in [6.07, 6.45) is -0.713. The van der Waals surface area contributed by atoms with Gasteiger partial charge in [-0.05, 0) is 42.5 Å². The molecule has 0 N–H and O–H groups in total. The van der Waals surface area contributed by atoms with Gasteiger partial charge in [0.15, 0.2) is 0 Å². The molecule has 0 amide bonds. The van der Waals surface area contributed by atoms with E-state index in [0.29, 0.717) is 22.2 Å². The first kappa shape index (κ1) is 21.3. The Balaban J connectivity index is 2.13. The second-order valence-electron chi connectivity index (χ2n) is 6.81. The smallest absolute Gasteiger partial charge is 0.496 e. The molecule has 29 heavy (non-hydrogen) atoms. The van der Waals surface area contributed by atoms with Crippen LogP contribution in [0, 0.1) is 0 Å². The molecule has 0 atom stereocenters. The van der Waals surface area contributed by atoms with E-state index in [9.17, 15) is 13.2 Å². The molecule has 2 aromatic heterocycles. The minimum atomic E-state index is -4.78. The van der Waals surface area contributed by atoms with Gasteiger partial charge in [-0.15, -0.1) is 13.2 Å². The third-order valence-corrected chi connectivity index (χ3v) is 5.31. The molecule has 1 aromatic carbocycles. The first-order chi connectivity index (χ1) is 13.7. The van der Waals surface area contributed by atoms with Gasteiger partial charge in [0, 0.05) is 30.3 Å². The van der Waals surface area contributed by atoms with Crippen LogP contribution in [0.1, 0.15) is 38.2 Å². The van der Waals surface area contributed by atoms with E-state index in [4.69, 9.17) is 21.3 Å². The maximum absolute atomic E-state index is 12.5. The van der Waals surface area contributed by atoms with Crippen molar-refractivity contribution in [2.45, 2.75) is 39.0 Å². The zero-order valence-electron chi connectivity index (χ0n) is 16.6. The van der Waals surface area contributed by atoms with E-state index in [2.05, 4.69) is 24.8 Å². The highest BCUT2D eigenvalue weighted by Crippen LogP contribution is 2.40. The van der Waals surface area contributed by atoms with Gasteiger partial charge in [-0.1, -0.05) is 25.4 Å². The van der Waals surface area contributed by atoms with Crippen LogP contribution in [0.5, 0.6) is 11.5 Å². The lowest BCUT2D eigenvalue weighted by atomic mass is 9.94. The van der Waals surface area contributed by atoms with Gasteiger partial charge in [0.2, 0.25) is 0 Å². The fourth-order valence-electron chi connectivity index (χ4n) is 3.61. The lowest BCUT2D eigenvalue weighted by Gasteiger charge is -2.14. The van der Waals surface area contributed by atoms with Gasteiger partial charge in [-0.2, -0.15) is 0 Å². The fraction of sp³-hybridized carbons (Fsp3) is 0.381. The van der Waals surface area contributed by atoms with E-state index in [0.717, 1.165) is 23.9 Å². The van der Waals surface area contributed by atoms with E-state index in [1.807, 2.05) is 17.7 Å². The summed E-state index contributed by atoms with van der Waals surface area (Å²) in [6, 6.07) is 5.72. The Hall–Kier alpha value is -2.41. The second kappa shape index (κ2) is 8.14. The number of hydrogen-bond donors (Lipinski definition) is 0. The Morgan fingerprint density at radius 2 is 1.86 bits per heavy atom. The van der Waals surface area contributed by atoms with Crippen LogP contribution in [0.4, 0.5) is 13.2 Å². The molecule has 0 radical (unpaired) electrons. The van der Waals surface area contributed by atoms with Crippen molar-refractivity contribution in [3.8, 4) is 22.8 Å². The van der Waals surface area contributed by atoms with Crippen LogP contribution in [0.3, 0.4) is 0 Å². The Kier molecular flexibility index (Phi) is 5.98. The second-order valence-corrected chi connectivity index (χ2v) is 7.22. The van der Waals surface area contributed by atoms with Crippen molar-refractivity contribution in [3.63, 3.8) is 0 Å². The van der Waals surface area contributed by atoms with Crippen LogP contribution in [0.25, 0.3) is 22.3 Å². The summed E-state index contributed by atoms with van der Waals surface area (Å²) in [7, 11) is 3.28. The number of benzene rings is 1. The molecule has 0 aliphatic rings. The molecule has 4 nitrogen and oxygen atoms in total. The monoisotopic (exact) mass is 426 g/mol. The van der Waals surface area contributed by atoms with Gasteiger partial charge in [-0.3, -0.25) is 0 Å². The number of hydrogen-bond acceptors (Lipinski definition) is 3. The van der Waals surface area contributed by atoms with Crippen LogP contribution < -0.4 is 9.47 Å². The largest absolute Gasteiger partial charge is 0.573 e. The molecule has 3 aromatic rings. The summed E-state index contributed by atoms with van der Waals surface area (Å²) >= 11 is 6.55. The minimum Gasteiger partial charge on any atom is -0.496 e. The molecule has 0 aliphatic heterocycles. The quantitative estimate of drug-likeness (QED) is 0.439. The highest BCUT2D eigenvalue weighted by Gasteiger charge is 2.31. The fourth-order valence-corrected chi connectivity index (χ4v) is 3.86. The highest BCUT2D eigenvalue weighted by molar-refractivity contribution is 6.33. The summed E-state index contributed by atoms with van der Waals surface area (Å²) in [6.45, 7) is 4.29. The van der Waals surface area contributed by atoms with Crippen LogP contribution in [-0.2, 0) is 7.05 Å². The van der Waals surface area contributed by atoms with Crippen molar-refractivity contribution in [3.05, 3.63) is 41.0 Å². The summed E-state index contributed by atoms with van der Waals surface area (Å²) in [4.78, 5) is 4.72. The van der Waals surface area contributed by atoms with Crippen LogP contribution in [-0.4, -0.2) is 23.0 Å². The topological polar surface area (TPSA) is 36.3 Å². The lowest BCUT2D eigenvalue weighted by molar-refractivity contribution is -0.274. The normalized spacial score (nSPS) is 12.0. The number of ether oxygens (including phenoxy) is 2. The van der Waals surface area contributed by atoms with Crippen LogP contribution in [0.2, 0.25) is 5.02 Å². The minimum absolute atomic E-state index is 0.190. The Labute approximate surface area is 172 Å². The molecule has 0 bridgehead atoms. The third-order valence-electron chi connectivity index (χ3n) is 5.02. The number of pyridine rings is 1. The Morgan fingerprint density at radius 3 is 2.45 bits per heavy atom. The van der Waals surface area contributed by atoms with Crippen molar-refractivity contribution in [2.24, 2.45) is 7.05 Å². The third kappa shape index (κ3) is 4.29. The SMILES string of the molecule is CCC(CC)c1cn(C)c2nc(-c3ccc(OC(F)(F)F)cc3OC)c(Cl)cc12. The van der Waals surface area contributed by atoms with Gasteiger partial charge in [0.05, 0.1) is 17.8 Å². The zero-order chi connectivity index (χ0) is 21.3. The van der Waals surface area contributed by atoms with Crippen molar-refractivity contribution >= 4 is 22.6 Å². The van der Waals surface area contributed by atoms with Crippen LogP contribution >= 0.6 is 11.6 Å². The van der Waals surface area contributed by atoms with E-state index < -0.39 is 6.36 Å². The van der Waals surface area contributed by atoms with E-state index in [1.165, 1.54) is 30.9 Å². The number of methoxy groups -OCH3 is 1.